The molecule has 0 amide bonds. The van der Waals surface area contributed by atoms with Gasteiger partial charge in [0.05, 0.1) is 0 Å². The first-order chi connectivity index (χ1) is 8.31. The summed E-state index contributed by atoms with van der Waals surface area (Å²) in [5.74, 6) is 1.71. The fraction of sp³-hybridized carbons (Fsp3) is 1.00. The molecule has 2 rings (SSSR count). The molecule has 3 heteroatoms. The second-order valence-electron chi connectivity index (χ2n) is 5.89. The summed E-state index contributed by atoms with van der Waals surface area (Å²) in [7, 11) is 2.15. The highest BCUT2D eigenvalue weighted by Gasteiger charge is 2.29. The van der Waals surface area contributed by atoms with Gasteiger partial charge in [-0.2, -0.15) is 0 Å². The Morgan fingerprint density at radius 1 is 1.24 bits per heavy atom. The van der Waals surface area contributed by atoms with Crippen molar-refractivity contribution in [2.24, 2.45) is 11.8 Å². The molecule has 1 heterocycles. The first kappa shape index (κ1) is 13.3. The zero-order valence-corrected chi connectivity index (χ0v) is 11.5. The smallest absolute Gasteiger partial charge is 0.0130 e. The van der Waals surface area contributed by atoms with Gasteiger partial charge in [0.1, 0.15) is 0 Å². The van der Waals surface area contributed by atoms with Crippen molar-refractivity contribution in [1.82, 2.24) is 15.5 Å². The quantitative estimate of drug-likeness (QED) is 0.757. The van der Waals surface area contributed by atoms with Crippen LogP contribution in [0, 0.1) is 11.8 Å². The van der Waals surface area contributed by atoms with Crippen LogP contribution >= 0.6 is 0 Å². The van der Waals surface area contributed by atoms with E-state index < -0.39 is 0 Å². The normalized spacial score (nSPS) is 27.2. The lowest BCUT2D eigenvalue weighted by molar-refractivity contribution is 0.172. The molecule has 0 radical (unpaired) electrons. The van der Waals surface area contributed by atoms with Crippen molar-refractivity contribution < 1.29 is 0 Å². The second kappa shape index (κ2) is 6.72. The van der Waals surface area contributed by atoms with E-state index in [1.807, 2.05) is 0 Å². The first-order valence-electron chi connectivity index (χ1n) is 7.41. The third kappa shape index (κ3) is 3.67. The van der Waals surface area contributed by atoms with E-state index in [2.05, 4.69) is 29.5 Å². The Morgan fingerprint density at radius 2 is 1.88 bits per heavy atom. The average Bonchev–Trinajstić information content (AvgIpc) is 2.85. The molecule has 17 heavy (non-hydrogen) atoms. The van der Waals surface area contributed by atoms with Crippen LogP contribution in [0.25, 0.3) is 0 Å². The van der Waals surface area contributed by atoms with Crippen molar-refractivity contribution >= 4 is 0 Å². The Labute approximate surface area is 106 Å². The Balaban J connectivity index is 1.80. The molecular formula is C14H29N3. The van der Waals surface area contributed by atoms with Gasteiger partial charge in [-0.1, -0.05) is 19.8 Å². The molecule has 2 N–H and O–H groups in total. The minimum Gasteiger partial charge on any atom is -0.316 e. The lowest BCUT2D eigenvalue weighted by Crippen LogP contribution is -2.49. The third-order valence-corrected chi connectivity index (χ3v) is 4.61. The summed E-state index contributed by atoms with van der Waals surface area (Å²) >= 11 is 0. The molecule has 0 bridgehead atoms. The van der Waals surface area contributed by atoms with Crippen molar-refractivity contribution in [3.8, 4) is 0 Å². The molecule has 2 unspecified atom stereocenters. The lowest BCUT2D eigenvalue weighted by Gasteiger charge is -2.35. The zero-order chi connectivity index (χ0) is 12.1. The summed E-state index contributed by atoms with van der Waals surface area (Å²) < 4.78 is 0. The van der Waals surface area contributed by atoms with Crippen molar-refractivity contribution in [2.45, 2.75) is 38.6 Å². The minimum atomic E-state index is 0.729. The summed E-state index contributed by atoms with van der Waals surface area (Å²) in [6.45, 7) is 8.49. The van der Waals surface area contributed by atoms with Gasteiger partial charge in [0.25, 0.3) is 0 Å². The maximum absolute atomic E-state index is 3.59. The van der Waals surface area contributed by atoms with E-state index in [1.165, 1.54) is 58.4 Å². The maximum Gasteiger partial charge on any atom is 0.0130 e. The third-order valence-electron chi connectivity index (χ3n) is 4.61. The number of rotatable bonds is 5. The minimum absolute atomic E-state index is 0.729. The van der Waals surface area contributed by atoms with Gasteiger partial charge in [-0.25, -0.2) is 0 Å². The van der Waals surface area contributed by atoms with Gasteiger partial charge >= 0.3 is 0 Å². The highest BCUT2D eigenvalue weighted by molar-refractivity contribution is 4.85. The van der Waals surface area contributed by atoms with Crippen LogP contribution in [0.15, 0.2) is 0 Å². The molecule has 2 aliphatic rings. The molecule has 1 aliphatic carbocycles. The van der Waals surface area contributed by atoms with Crippen molar-refractivity contribution in [2.75, 3.05) is 39.8 Å². The van der Waals surface area contributed by atoms with E-state index in [9.17, 15) is 0 Å². The van der Waals surface area contributed by atoms with Crippen LogP contribution in [0.2, 0.25) is 0 Å². The summed E-state index contributed by atoms with van der Waals surface area (Å²) in [4.78, 5) is 2.63. The Morgan fingerprint density at radius 3 is 2.47 bits per heavy atom. The Bertz CT molecular complexity index is 208. The summed E-state index contributed by atoms with van der Waals surface area (Å²) in [5, 5.41) is 7.02. The number of nitrogens with zero attached hydrogens (tertiary/aromatic N) is 1. The Hall–Kier alpha value is -0.120. The van der Waals surface area contributed by atoms with Gasteiger partial charge in [-0.3, -0.25) is 0 Å². The molecule has 1 aliphatic heterocycles. The van der Waals surface area contributed by atoms with Crippen molar-refractivity contribution in [3.63, 3.8) is 0 Å². The van der Waals surface area contributed by atoms with Gasteiger partial charge in [0.2, 0.25) is 0 Å². The van der Waals surface area contributed by atoms with Gasteiger partial charge in [0, 0.05) is 38.8 Å². The van der Waals surface area contributed by atoms with E-state index >= 15 is 0 Å². The van der Waals surface area contributed by atoms with Gasteiger partial charge in [0.15, 0.2) is 0 Å². The average molecular weight is 239 g/mol. The molecule has 0 spiro atoms. The molecule has 0 aromatic rings. The lowest BCUT2D eigenvalue weighted by atomic mass is 9.87. The SMILES string of the molecule is CNC(C(C)CN1CCNCC1)C1CCCC1. The fourth-order valence-electron chi connectivity index (χ4n) is 3.72. The van der Waals surface area contributed by atoms with Crippen LogP contribution in [0.5, 0.6) is 0 Å². The molecule has 1 saturated carbocycles. The zero-order valence-electron chi connectivity index (χ0n) is 11.5. The monoisotopic (exact) mass is 239 g/mol. The van der Waals surface area contributed by atoms with E-state index in [1.54, 1.807) is 0 Å². The molecule has 0 aromatic heterocycles. The van der Waals surface area contributed by atoms with Gasteiger partial charge < -0.3 is 15.5 Å². The van der Waals surface area contributed by atoms with Crippen LogP contribution in [0.1, 0.15) is 32.6 Å². The highest BCUT2D eigenvalue weighted by Crippen LogP contribution is 2.30. The van der Waals surface area contributed by atoms with Crippen LogP contribution in [0.3, 0.4) is 0 Å². The van der Waals surface area contributed by atoms with Crippen molar-refractivity contribution in [1.29, 1.82) is 0 Å². The predicted molar refractivity (Wildman–Crippen MR) is 73.3 cm³/mol. The molecule has 2 fully saturated rings. The van der Waals surface area contributed by atoms with E-state index in [4.69, 9.17) is 0 Å². The summed E-state index contributed by atoms with van der Waals surface area (Å²) in [6, 6.07) is 0.729. The van der Waals surface area contributed by atoms with Gasteiger partial charge in [-0.15, -0.1) is 0 Å². The summed E-state index contributed by atoms with van der Waals surface area (Å²) in [5.41, 5.74) is 0. The van der Waals surface area contributed by atoms with Gasteiger partial charge in [-0.05, 0) is 31.7 Å². The highest BCUT2D eigenvalue weighted by atomic mass is 15.2. The number of hydrogen-bond acceptors (Lipinski definition) is 3. The van der Waals surface area contributed by atoms with Crippen molar-refractivity contribution in [3.05, 3.63) is 0 Å². The van der Waals surface area contributed by atoms with E-state index in [0.717, 1.165) is 17.9 Å². The van der Waals surface area contributed by atoms with E-state index in [-0.39, 0.29) is 0 Å². The topological polar surface area (TPSA) is 27.3 Å². The predicted octanol–water partition coefficient (Wildman–Crippen LogP) is 1.31. The second-order valence-corrected chi connectivity index (χ2v) is 5.89. The van der Waals surface area contributed by atoms with Crippen LogP contribution in [0.4, 0.5) is 0 Å². The molecular weight excluding hydrogens is 210 g/mol. The fourth-order valence-corrected chi connectivity index (χ4v) is 3.72. The molecule has 0 aromatic carbocycles. The largest absolute Gasteiger partial charge is 0.316 e. The molecule has 2 atom stereocenters. The number of nitrogens with one attached hydrogen (secondary N) is 2. The molecule has 100 valence electrons. The maximum atomic E-state index is 3.59. The molecule has 3 nitrogen and oxygen atoms in total. The standard InChI is InChI=1S/C14H29N3/c1-12(11-17-9-7-16-8-10-17)14(15-2)13-5-3-4-6-13/h12-16H,3-11H2,1-2H3. The molecule has 1 saturated heterocycles. The number of hydrogen-bond donors (Lipinski definition) is 2. The van der Waals surface area contributed by atoms with E-state index in [0.29, 0.717) is 0 Å². The van der Waals surface area contributed by atoms with Crippen LogP contribution in [-0.4, -0.2) is 50.7 Å². The van der Waals surface area contributed by atoms with Crippen LogP contribution in [-0.2, 0) is 0 Å². The Kier molecular flexibility index (Phi) is 5.26. The van der Waals surface area contributed by atoms with Crippen LogP contribution < -0.4 is 10.6 Å². The summed E-state index contributed by atoms with van der Waals surface area (Å²) in [6.07, 6.45) is 5.78. The first-order valence-corrected chi connectivity index (χ1v) is 7.41. The number of piperazine rings is 1.